The van der Waals surface area contributed by atoms with E-state index in [1.54, 1.807) is 6.07 Å². The molecule has 1 aliphatic heterocycles. The minimum Gasteiger partial charge on any atom is -0.481 e. The fourth-order valence-electron chi connectivity index (χ4n) is 3.62. The Bertz CT molecular complexity index is 1480. The van der Waals surface area contributed by atoms with Crippen molar-refractivity contribution in [1.29, 1.82) is 5.26 Å². The molecule has 4 aromatic rings. The third-order valence-corrected chi connectivity index (χ3v) is 5.34. The molecule has 0 bridgehead atoms. The molecule has 4 heterocycles. The normalized spacial score (nSPS) is 14.8. The van der Waals surface area contributed by atoms with Gasteiger partial charge in [-0.15, -0.1) is 0 Å². The molecule has 1 atom stereocenters. The molecule has 1 aliphatic rings. The molecule has 2 N–H and O–H groups in total. The van der Waals surface area contributed by atoms with E-state index in [9.17, 15) is 20.2 Å². The van der Waals surface area contributed by atoms with Gasteiger partial charge in [-0.3, -0.25) is 25.2 Å². The van der Waals surface area contributed by atoms with Crippen LogP contribution in [-0.4, -0.2) is 45.1 Å². The summed E-state index contributed by atoms with van der Waals surface area (Å²) >= 11 is 0. The third kappa shape index (κ3) is 4.61. The number of nitro groups is 1. The fraction of sp³-hybridized carbons (Fsp3) is 0.174. The van der Waals surface area contributed by atoms with Crippen molar-refractivity contribution in [3.05, 3.63) is 70.6 Å². The monoisotopic (exact) mass is 487 g/mol. The Labute approximate surface area is 202 Å². The molecule has 0 saturated carbocycles. The van der Waals surface area contributed by atoms with Gasteiger partial charge < -0.3 is 19.2 Å². The Morgan fingerprint density at radius 3 is 2.75 bits per heavy atom. The predicted octanol–water partition coefficient (Wildman–Crippen LogP) is 3.56. The van der Waals surface area contributed by atoms with E-state index in [4.69, 9.17) is 13.9 Å². The molecule has 1 amide bonds. The van der Waals surface area contributed by atoms with Crippen LogP contribution in [0.2, 0.25) is 0 Å². The van der Waals surface area contributed by atoms with E-state index in [2.05, 4.69) is 25.6 Å². The number of furan rings is 1. The largest absolute Gasteiger partial charge is 0.481 e. The van der Waals surface area contributed by atoms with E-state index < -0.39 is 10.8 Å². The number of nitrogens with one attached hydrogen (secondary N) is 2. The number of hydrogen-bond donors (Lipinski definition) is 2. The van der Waals surface area contributed by atoms with Crippen LogP contribution < -0.4 is 15.4 Å². The highest BCUT2D eigenvalue weighted by molar-refractivity contribution is 6.01. The highest BCUT2D eigenvalue weighted by atomic mass is 16.6. The van der Waals surface area contributed by atoms with Crippen LogP contribution in [0.15, 0.2) is 53.5 Å². The number of nitriles is 1. The Hall–Kier alpha value is -5.09. The summed E-state index contributed by atoms with van der Waals surface area (Å²) in [6, 6.07) is 7.90. The molecule has 13 heteroatoms. The van der Waals surface area contributed by atoms with Gasteiger partial charge in [0.15, 0.2) is 11.5 Å². The standard InChI is InChI=1S/C23H17N7O6/c24-8-13-9-25-17-7-20(36-15-3-5-34-12-15)18(30(32)33)6-16(17)21(13)28-14-10-26-23(27-11-14)29-22(31)19-2-1-4-35-19/h1-2,4,6-7,9-11,15H,3,5,12H2,(H,25,28)(H,26,27,29,31). The van der Waals surface area contributed by atoms with Crippen LogP contribution in [0.3, 0.4) is 0 Å². The first-order valence-electron chi connectivity index (χ1n) is 10.7. The van der Waals surface area contributed by atoms with Gasteiger partial charge in [-0.2, -0.15) is 5.26 Å². The van der Waals surface area contributed by atoms with Gasteiger partial charge in [0.1, 0.15) is 12.2 Å². The maximum absolute atomic E-state index is 12.1. The Kier molecular flexibility index (Phi) is 6.08. The SMILES string of the molecule is N#Cc1cnc2cc(OC3CCOC3)c([N+](=O)[O-])cc2c1Nc1cnc(NC(=O)c2ccco2)nc1. The number of carbonyl (C=O) groups is 1. The van der Waals surface area contributed by atoms with Gasteiger partial charge >= 0.3 is 5.69 Å². The number of aromatic nitrogens is 3. The number of nitrogens with zero attached hydrogens (tertiary/aromatic N) is 5. The second-order valence-corrected chi connectivity index (χ2v) is 7.71. The zero-order chi connectivity index (χ0) is 25.1. The fourth-order valence-corrected chi connectivity index (χ4v) is 3.62. The van der Waals surface area contributed by atoms with Crippen molar-refractivity contribution in [2.24, 2.45) is 0 Å². The summed E-state index contributed by atoms with van der Waals surface area (Å²) in [4.78, 5) is 35.8. The number of amides is 1. The third-order valence-electron chi connectivity index (χ3n) is 5.34. The molecular weight excluding hydrogens is 470 g/mol. The molecule has 3 aromatic heterocycles. The number of anilines is 3. The van der Waals surface area contributed by atoms with Gasteiger partial charge in [-0.05, 0) is 12.1 Å². The molecule has 1 unspecified atom stereocenters. The number of rotatable bonds is 7. The Morgan fingerprint density at radius 2 is 2.08 bits per heavy atom. The zero-order valence-electron chi connectivity index (χ0n) is 18.5. The molecule has 1 saturated heterocycles. The predicted molar refractivity (Wildman–Crippen MR) is 125 cm³/mol. The number of pyridine rings is 1. The number of ether oxygens (including phenoxy) is 2. The molecule has 13 nitrogen and oxygen atoms in total. The molecule has 5 rings (SSSR count). The van der Waals surface area contributed by atoms with Crippen LogP contribution in [0.4, 0.5) is 23.0 Å². The first-order chi connectivity index (χ1) is 17.5. The quantitative estimate of drug-likeness (QED) is 0.287. The summed E-state index contributed by atoms with van der Waals surface area (Å²) in [6.45, 7) is 0.873. The maximum atomic E-state index is 12.1. The number of carbonyl (C=O) groups excluding carboxylic acids is 1. The van der Waals surface area contributed by atoms with Crippen molar-refractivity contribution in [2.45, 2.75) is 12.5 Å². The highest BCUT2D eigenvalue weighted by Crippen LogP contribution is 2.37. The van der Waals surface area contributed by atoms with Gasteiger partial charge in [0.05, 0.1) is 59.2 Å². The molecule has 0 spiro atoms. The Balaban J connectivity index is 1.45. The number of benzene rings is 1. The summed E-state index contributed by atoms with van der Waals surface area (Å²) in [5, 5.41) is 27.3. The summed E-state index contributed by atoms with van der Waals surface area (Å²) in [5.74, 6) is -0.295. The number of hydrogen-bond acceptors (Lipinski definition) is 11. The summed E-state index contributed by atoms with van der Waals surface area (Å²) in [6.07, 6.45) is 5.85. The molecule has 0 radical (unpaired) electrons. The topological polar surface area (TPSA) is 178 Å². The maximum Gasteiger partial charge on any atom is 0.311 e. The molecule has 1 aromatic carbocycles. The van der Waals surface area contributed by atoms with Gasteiger partial charge in [0, 0.05) is 30.1 Å². The molecule has 0 aliphatic carbocycles. The number of fused-ring (bicyclic) bond motifs is 1. The lowest BCUT2D eigenvalue weighted by Gasteiger charge is -2.15. The first kappa shape index (κ1) is 22.7. The van der Waals surface area contributed by atoms with Crippen LogP contribution in [0.1, 0.15) is 22.5 Å². The van der Waals surface area contributed by atoms with Crippen LogP contribution in [0.5, 0.6) is 5.75 Å². The average molecular weight is 487 g/mol. The van der Waals surface area contributed by atoms with Crippen molar-refractivity contribution in [2.75, 3.05) is 23.8 Å². The minimum atomic E-state index is -0.549. The van der Waals surface area contributed by atoms with Gasteiger partial charge in [0.25, 0.3) is 5.91 Å². The zero-order valence-corrected chi connectivity index (χ0v) is 18.5. The first-order valence-corrected chi connectivity index (χ1v) is 10.7. The van der Waals surface area contributed by atoms with E-state index in [1.807, 2.05) is 6.07 Å². The van der Waals surface area contributed by atoms with E-state index >= 15 is 0 Å². The molecule has 1 fully saturated rings. The van der Waals surface area contributed by atoms with Crippen molar-refractivity contribution < 1.29 is 23.6 Å². The van der Waals surface area contributed by atoms with Gasteiger partial charge in [0.2, 0.25) is 5.95 Å². The van der Waals surface area contributed by atoms with Crippen LogP contribution in [-0.2, 0) is 4.74 Å². The summed E-state index contributed by atoms with van der Waals surface area (Å²) in [7, 11) is 0. The van der Waals surface area contributed by atoms with Gasteiger partial charge in [-0.1, -0.05) is 0 Å². The van der Waals surface area contributed by atoms with Crippen LogP contribution in [0, 0.1) is 21.4 Å². The summed E-state index contributed by atoms with van der Waals surface area (Å²) in [5.41, 5.74) is 0.948. The van der Waals surface area contributed by atoms with E-state index in [-0.39, 0.29) is 40.5 Å². The molecule has 36 heavy (non-hydrogen) atoms. The highest BCUT2D eigenvalue weighted by Gasteiger charge is 2.25. The Morgan fingerprint density at radius 1 is 1.25 bits per heavy atom. The van der Waals surface area contributed by atoms with Crippen LogP contribution in [0.25, 0.3) is 10.9 Å². The lowest BCUT2D eigenvalue weighted by molar-refractivity contribution is -0.385. The minimum absolute atomic E-state index is 0.0374. The van der Waals surface area contributed by atoms with Crippen molar-refractivity contribution >= 4 is 39.8 Å². The van der Waals surface area contributed by atoms with E-state index in [0.717, 1.165) is 0 Å². The molecular formula is C23H17N7O6. The van der Waals surface area contributed by atoms with Crippen molar-refractivity contribution in [1.82, 2.24) is 15.0 Å². The van der Waals surface area contributed by atoms with E-state index in [0.29, 0.717) is 36.2 Å². The van der Waals surface area contributed by atoms with Crippen molar-refractivity contribution in [3.63, 3.8) is 0 Å². The summed E-state index contributed by atoms with van der Waals surface area (Å²) < 4.78 is 16.1. The second kappa shape index (κ2) is 9.65. The van der Waals surface area contributed by atoms with Crippen molar-refractivity contribution in [3.8, 4) is 11.8 Å². The second-order valence-electron chi connectivity index (χ2n) is 7.71. The van der Waals surface area contributed by atoms with Crippen LogP contribution >= 0.6 is 0 Å². The smallest absolute Gasteiger partial charge is 0.311 e. The molecule has 180 valence electrons. The lowest BCUT2D eigenvalue weighted by Crippen LogP contribution is -2.16. The van der Waals surface area contributed by atoms with E-state index in [1.165, 1.54) is 43.1 Å². The number of nitro benzene ring substituents is 1. The average Bonchev–Trinajstić information content (AvgIpc) is 3.60. The lowest BCUT2D eigenvalue weighted by atomic mass is 10.1. The van der Waals surface area contributed by atoms with Gasteiger partial charge in [-0.25, -0.2) is 9.97 Å².